The van der Waals surface area contributed by atoms with E-state index in [1.165, 1.54) is 6.07 Å². The van der Waals surface area contributed by atoms with Gasteiger partial charge < -0.3 is 5.32 Å². The van der Waals surface area contributed by atoms with E-state index in [9.17, 15) is 17.6 Å². The molecule has 0 aliphatic carbocycles. The molecule has 0 fully saturated rings. The topological polar surface area (TPSA) is 55.6 Å². The molecule has 0 unspecified atom stereocenters. The summed E-state index contributed by atoms with van der Waals surface area (Å²) in [4.78, 5) is 0. The Morgan fingerprint density at radius 1 is 1.32 bits per heavy atom. The van der Waals surface area contributed by atoms with Crippen molar-refractivity contribution in [2.24, 2.45) is 0 Å². The lowest BCUT2D eigenvalue weighted by Crippen LogP contribution is -2.14. The summed E-state index contributed by atoms with van der Waals surface area (Å²) in [6.07, 6.45) is -4.77. The van der Waals surface area contributed by atoms with Gasteiger partial charge in [0, 0.05) is 0 Å². The molecule has 1 heterocycles. The molecule has 1 N–H and O–H groups in total. The number of benzene rings is 1. The maximum Gasteiger partial charge on any atom is 0.419 e. The molecular formula is C10H9F4N5. The lowest BCUT2D eigenvalue weighted by molar-refractivity contribution is -0.140. The first-order chi connectivity index (χ1) is 8.93. The molecule has 19 heavy (non-hydrogen) atoms. The number of aromatic nitrogens is 4. The molecule has 0 saturated carbocycles. The molecule has 0 saturated heterocycles. The summed E-state index contributed by atoms with van der Waals surface area (Å²) in [5.41, 5.74) is -1.31. The van der Waals surface area contributed by atoms with Gasteiger partial charge in [0.15, 0.2) is 5.82 Å². The van der Waals surface area contributed by atoms with Gasteiger partial charge in [-0.25, -0.2) is 4.39 Å². The number of nitrogens with one attached hydrogen (secondary N) is 1. The molecule has 0 spiro atoms. The molecule has 9 heteroatoms. The lowest BCUT2D eigenvalue weighted by Gasteiger charge is -2.10. The zero-order valence-corrected chi connectivity index (χ0v) is 9.74. The molecule has 0 aliphatic rings. The number of halogens is 4. The van der Waals surface area contributed by atoms with Crippen molar-refractivity contribution >= 4 is 0 Å². The van der Waals surface area contributed by atoms with Crippen molar-refractivity contribution in [2.75, 3.05) is 7.05 Å². The maximum absolute atomic E-state index is 13.2. The summed E-state index contributed by atoms with van der Waals surface area (Å²) in [5.74, 6) is -1.01. The molecule has 2 aromatic rings. The first kappa shape index (κ1) is 13.4. The van der Waals surface area contributed by atoms with Crippen LogP contribution in [0.1, 0.15) is 11.4 Å². The van der Waals surface area contributed by atoms with Crippen LogP contribution >= 0.6 is 0 Å². The average Bonchev–Trinajstić information content (AvgIpc) is 2.77. The Balaban J connectivity index is 2.49. The molecular weight excluding hydrogens is 266 g/mol. The Morgan fingerprint density at radius 2 is 2.05 bits per heavy atom. The van der Waals surface area contributed by atoms with Gasteiger partial charge in [0.05, 0.1) is 17.8 Å². The number of hydrogen-bond acceptors (Lipinski definition) is 4. The predicted molar refractivity (Wildman–Crippen MR) is 56.9 cm³/mol. The van der Waals surface area contributed by atoms with Crippen molar-refractivity contribution in [3.63, 3.8) is 0 Å². The van der Waals surface area contributed by atoms with Crippen LogP contribution in [0.5, 0.6) is 0 Å². The van der Waals surface area contributed by atoms with Gasteiger partial charge in [-0.3, -0.25) is 0 Å². The third-order valence-electron chi connectivity index (χ3n) is 2.37. The lowest BCUT2D eigenvalue weighted by atomic mass is 10.2. The van der Waals surface area contributed by atoms with Crippen molar-refractivity contribution < 1.29 is 17.6 Å². The molecule has 2 rings (SSSR count). The summed E-state index contributed by atoms with van der Waals surface area (Å²) in [5, 5.41) is 13.4. The highest BCUT2D eigenvalue weighted by Crippen LogP contribution is 2.32. The van der Waals surface area contributed by atoms with Gasteiger partial charge in [-0.2, -0.15) is 17.9 Å². The number of alkyl halides is 3. The molecule has 5 nitrogen and oxygen atoms in total. The predicted octanol–water partition coefficient (Wildman–Crippen LogP) is 1.54. The third-order valence-corrected chi connectivity index (χ3v) is 2.37. The zero-order valence-electron chi connectivity index (χ0n) is 9.74. The summed E-state index contributed by atoms with van der Waals surface area (Å²) >= 11 is 0. The normalized spacial score (nSPS) is 11.8. The summed E-state index contributed by atoms with van der Waals surface area (Å²) in [6.45, 7) is 0.270. The van der Waals surface area contributed by atoms with Crippen LogP contribution in [0.2, 0.25) is 0 Å². The van der Waals surface area contributed by atoms with Crippen LogP contribution in [0.4, 0.5) is 17.6 Å². The Labute approximate surface area is 105 Å². The first-order valence-electron chi connectivity index (χ1n) is 5.22. The maximum atomic E-state index is 13.2. The minimum Gasteiger partial charge on any atom is -0.313 e. The highest BCUT2D eigenvalue weighted by atomic mass is 19.4. The second-order valence-corrected chi connectivity index (χ2v) is 3.70. The van der Waals surface area contributed by atoms with Crippen LogP contribution in [0, 0.1) is 5.82 Å². The van der Waals surface area contributed by atoms with Crippen molar-refractivity contribution in [3.8, 4) is 5.69 Å². The van der Waals surface area contributed by atoms with Gasteiger partial charge in [0.25, 0.3) is 0 Å². The van der Waals surface area contributed by atoms with Crippen molar-refractivity contribution in [3.05, 3.63) is 35.4 Å². The third kappa shape index (κ3) is 2.70. The Morgan fingerprint density at radius 3 is 2.68 bits per heavy atom. The second kappa shape index (κ2) is 4.92. The number of rotatable bonds is 3. The number of nitrogens with zero attached hydrogens (tertiary/aromatic N) is 4. The van der Waals surface area contributed by atoms with E-state index in [1.807, 2.05) is 0 Å². The summed E-state index contributed by atoms with van der Waals surface area (Å²) < 4.78 is 52.1. The number of hydrogen-bond donors (Lipinski definition) is 1. The molecule has 0 bridgehead atoms. The zero-order chi connectivity index (χ0) is 14.0. The minimum absolute atomic E-state index is 0.0453. The first-order valence-corrected chi connectivity index (χ1v) is 5.22. The van der Waals surface area contributed by atoms with Gasteiger partial charge in [0.1, 0.15) is 5.82 Å². The Kier molecular flexibility index (Phi) is 3.47. The van der Waals surface area contributed by atoms with Gasteiger partial charge in [-0.15, -0.1) is 5.10 Å². The fraction of sp³-hybridized carbons (Fsp3) is 0.300. The van der Waals surface area contributed by atoms with E-state index in [4.69, 9.17) is 0 Å². The van der Waals surface area contributed by atoms with E-state index in [0.29, 0.717) is 11.9 Å². The molecule has 102 valence electrons. The van der Waals surface area contributed by atoms with Crippen LogP contribution in [0.15, 0.2) is 18.2 Å². The van der Waals surface area contributed by atoms with Crippen LogP contribution in [-0.2, 0) is 12.7 Å². The van der Waals surface area contributed by atoms with E-state index in [1.54, 1.807) is 7.05 Å². The molecule has 0 atom stereocenters. The van der Waals surface area contributed by atoms with E-state index in [-0.39, 0.29) is 12.2 Å². The van der Waals surface area contributed by atoms with Crippen LogP contribution in [0.3, 0.4) is 0 Å². The molecule has 0 aliphatic heterocycles. The molecule has 1 aromatic heterocycles. The van der Waals surface area contributed by atoms with Crippen molar-refractivity contribution in [1.29, 1.82) is 0 Å². The van der Waals surface area contributed by atoms with Crippen LogP contribution in [0.25, 0.3) is 5.69 Å². The fourth-order valence-electron chi connectivity index (χ4n) is 1.54. The van der Waals surface area contributed by atoms with E-state index >= 15 is 0 Å². The largest absolute Gasteiger partial charge is 0.419 e. The van der Waals surface area contributed by atoms with Crippen LogP contribution in [-0.4, -0.2) is 27.3 Å². The highest BCUT2D eigenvalue weighted by molar-refractivity contribution is 5.37. The quantitative estimate of drug-likeness (QED) is 0.863. The van der Waals surface area contributed by atoms with Crippen LogP contribution < -0.4 is 5.32 Å². The molecule has 0 radical (unpaired) electrons. The monoisotopic (exact) mass is 275 g/mol. The smallest absolute Gasteiger partial charge is 0.313 e. The van der Waals surface area contributed by atoms with Gasteiger partial charge >= 0.3 is 6.18 Å². The van der Waals surface area contributed by atoms with E-state index in [0.717, 1.165) is 10.7 Å². The van der Waals surface area contributed by atoms with Gasteiger partial charge in [-0.05, 0) is 35.7 Å². The average molecular weight is 275 g/mol. The van der Waals surface area contributed by atoms with Gasteiger partial charge in [-0.1, -0.05) is 0 Å². The number of tetrazole rings is 1. The fourth-order valence-corrected chi connectivity index (χ4v) is 1.54. The van der Waals surface area contributed by atoms with E-state index < -0.39 is 17.6 Å². The SMILES string of the molecule is CNCc1nnnn1-c1ccc(F)c(C(F)(F)F)c1. The van der Waals surface area contributed by atoms with Crippen molar-refractivity contribution in [2.45, 2.75) is 12.7 Å². The van der Waals surface area contributed by atoms with Gasteiger partial charge in [0.2, 0.25) is 0 Å². The second-order valence-electron chi connectivity index (χ2n) is 3.70. The van der Waals surface area contributed by atoms with E-state index in [2.05, 4.69) is 20.8 Å². The standard InChI is InChI=1S/C10H9F4N5/c1-15-5-9-16-17-18-19(9)6-2-3-8(11)7(4-6)10(12,13)14/h2-4,15H,5H2,1H3. The Hall–Kier alpha value is -2.03. The summed E-state index contributed by atoms with van der Waals surface area (Å²) in [6, 6.07) is 2.59. The van der Waals surface area contributed by atoms with Crippen molar-refractivity contribution in [1.82, 2.24) is 25.5 Å². The molecule has 1 aromatic carbocycles. The summed E-state index contributed by atoms with van der Waals surface area (Å²) in [7, 11) is 1.64. The highest BCUT2D eigenvalue weighted by Gasteiger charge is 2.34. The molecule has 0 amide bonds. The Bertz CT molecular complexity index is 578. The minimum atomic E-state index is -4.77.